The van der Waals surface area contributed by atoms with E-state index in [2.05, 4.69) is 19.9 Å². The lowest BCUT2D eigenvalue weighted by atomic mass is 9.86. The lowest BCUT2D eigenvalue weighted by molar-refractivity contribution is 0.408. The summed E-state index contributed by atoms with van der Waals surface area (Å²) in [5.41, 5.74) is -0.151. The Morgan fingerprint density at radius 2 is 1.53 bits per heavy atom. The van der Waals surface area contributed by atoms with Gasteiger partial charge in [-0.3, -0.25) is 19.6 Å². The van der Waals surface area contributed by atoms with Crippen molar-refractivity contribution in [2.45, 2.75) is 5.92 Å². The van der Waals surface area contributed by atoms with Crippen molar-refractivity contribution in [1.82, 2.24) is 19.9 Å². The second kappa shape index (κ2) is 6.85. The van der Waals surface area contributed by atoms with Crippen LogP contribution in [0.5, 0.6) is 11.8 Å². The van der Waals surface area contributed by atoms with Gasteiger partial charge in [-0.15, -0.1) is 0 Å². The highest BCUT2D eigenvalue weighted by Gasteiger charge is 2.36. The highest BCUT2D eigenvalue weighted by atomic mass is 35.5. The zero-order chi connectivity index (χ0) is 20.8. The Hall–Kier alpha value is -3.91. The molecule has 4 aromatic rings. The molecule has 3 heterocycles. The van der Waals surface area contributed by atoms with E-state index in [1.165, 1.54) is 0 Å². The lowest BCUT2D eigenvalue weighted by Crippen LogP contribution is -2.33. The molecule has 0 saturated carbocycles. The molecular formula is C21H13ClN4O4. The maximum absolute atomic E-state index is 13.1. The molecule has 2 aromatic carbocycles. The molecular weight excluding hydrogens is 408 g/mol. The first-order valence-corrected chi connectivity index (χ1v) is 9.38. The number of nitrogens with one attached hydrogen (secondary N) is 3. The van der Waals surface area contributed by atoms with Crippen LogP contribution in [0.15, 0.2) is 69.0 Å². The highest BCUT2D eigenvalue weighted by Crippen LogP contribution is 2.42. The molecule has 0 saturated heterocycles. The van der Waals surface area contributed by atoms with Crippen LogP contribution in [-0.4, -0.2) is 19.9 Å². The van der Waals surface area contributed by atoms with E-state index in [-0.39, 0.29) is 28.7 Å². The summed E-state index contributed by atoms with van der Waals surface area (Å²) in [6, 6.07) is 15.8. The van der Waals surface area contributed by atoms with Crippen LogP contribution in [0.4, 0.5) is 0 Å². The highest BCUT2D eigenvalue weighted by molar-refractivity contribution is 6.30. The summed E-state index contributed by atoms with van der Waals surface area (Å²) >= 11 is 5.94. The van der Waals surface area contributed by atoms with E-state index >= 15 is 0 Å². The van der Waals surface area contributed by atoms with E-state index in [1.807, 2.05) is 6.07 Å². The third-order valence-corrected chi connectivity index (χ3v) is 5.14. The van der Waals surface area contributed by atoms with Crippen LogP contribution >= 0.6 is 11.6 Å². The Bertz CT molecular complexity index is 1440. The van der Waals surface area contributed by atoms with E-state index in [0.29, 0.717) is 16.1 Å². The zero-order valence-electron chi connectivity index (χ0n) is 15.2. The van der Waals surface area contributed by atoms with Crippen molar-refractivity contribution < 1.29 is 4.74 Å². The number of benzene rings is 2. The number of hydrogen-bond donors (Lipinski definition) is 3. The zero-order valence-corrected chi connectivity index (χ0v) is 16.0. The van der Waals surface area contributed by atoms with E-state index in [9.17, 15) is 14.4 Å². The molecule has 1 aliphatic rings. The summed E-state index contributed by atoms with van der Waals surface area (Å²) in [6.07, 6.45) is 0. The van der Waals surface area contributed by atoms with Crippen molar-refractivity contribution in [2.75, 3.05) is 0 Å². The Kier molecular flexibility index (Phi) is 4.14. The average Bonchev–Trinajstić information content (AvgIpc) is 2.73. The topological polar surface area (TPSA) is 121 Å². The monoisotopic (exact) mass is 420 g/mol. The van der Waals surface area contributed by atoms with Crippen molar-refractivity contribution in [1.29, 1.82) is 0 Å². The quantitative estimate of drug-likeness (QED) is 0.405. The molecule has 2 aromatic heterocycles. The van der Waals surface area contributed by atoms with Crippen molar-refractivity contribution in [3.05, 3.63) is 108 Å². The maximum Gasteiger partial charge on any atom is 0.328 e. The van der Waals surface area contributed by atoms with E-state index in [4.69, 9.17) is 16.3 Å². The summed E-state index contributed by atoms with van der Waals surface area (Å²) in [4.78, 5) is 49.4. The largest absolute Gasteiger partial charge is 0.421 e. The molecule has 1 unspecified atom stereocenters. The van der Waals surface area contributed by atoms with Crippen LogP contribution in [0.3, 0.4) is 0 Å². The van der Waals surface area contributed by atoms with Crippen LogP contribution in [-0.2, 0) is 0 Å². The second-order valence-corrected chi connectivity index (χ2v) is 7.17. The third kappa shape index (κ3) is 2.94. The van der Waals surface area contributed by atoms with Crippen molar-refractivity contribution in [3.63, 3.8) is 0 Å². The molecule has 3 N–H and O–H groups in total. The minimum atomic E-state index is -0.763. The number of H-pyrrole nitrogens is 3. The summed E-state index contributed by atoms with van der Waals surface area (Å²) in [5, 5.41) is 0.546. The maximum atomic E-state index is 13.1. The molecule has 0 aliphatic carbocycles. The SMILES string of the molecule is O=c1[nH]c2c(c(=O)[nH]1)C(c1ccccc1)c1c(nc(-c3ccc(Cl)cc3)[nH]c1=O)O2. The van der Waals surface area contributed by atoms with Gasteiger partial charge in [-0.25, -0.2) is 4.79 Å². The molecule has 30 heavy (non-hydrogen) atoms. The van der Waals surface area contributed by atoms with Crippen molar-refractivity contribution >= 4 is 11.6 Å². The third-order valence-electron chi connectivity index (χ3n) is 4.89. The molecule has 0 fully saturated rings. The van der Waals surface area contributed by atoms with Crippen LogP contribution in [0.25, 0.3) is 11.4 Å². The first kappa shape index (κ1) is 18.1. The van der Waals surface area contributed by atoms with Gasteiger partial charge in [0, 0.05) is 10.6 Å². The fourth-order valence-corrected chi connectivity index (χ4v) is 3.70. The molecule has 148 valence electrons. The smallest absolute Gasteiger partial charge is 0.328 e. The predicted octanol–water partition coefficient (Wildman–Crippen LogP) is 2.75. The van der Waals surface area contributed by atoms with E-state index in [1.54, 1.807) is 48.5 Å². The number of halogens is 1. The summed E-state index contributed by atoms with van der Waals surface area (Å²) < 4.78 is 5.72. The molecule has 1 aliphatic heterocycles. The molecule has 0 radical (unpaired) electrons. The van der Waals surface area contributed by atoms with Crippen LogP contribution in [0, 0.1) is 0 Å². The molecule has 0 spiro atoms. The lowest BCUT2D eigenvalue weighted by Gasteiger charge is -2.25. The minimum absolute atomic E-state index is 0.0197. The predicted molar refractivity (Wildman–Crippen MR) is 110 cm³/mol. The van der Waals surface area contributed by atoms with Gasteiger partial charge < -0.3 is 9.72 Å². The number of fused-ring (bicyclic) bond motifs is 2. The van der Waals surface area contributed by atoms with Crippen LogP contribution in [0.2, 0.25) is 5.02 Å². The van der Waals surface area contributed by atoms with Crippen molar-refractivity contribution in [2.24, 2.45) is 0 Å². The number of rotatable bonds is 2. The fraction of sp³-hybridized carbons (Fsp3) is 0.0476. The minimum Gasteiger partial charge on any atom is -0.421 e. The first-order valence-electron chi connectivity index (χ1n) is 9.00. The van der Waals surface area contributed by atoms with Gasteiger partial charge in [-0.2, -0.15) is 4.98 Å². The Morgan fingerprint density at radius 3 is 2.27 bits per heavy atom. The Labute approximate surface area is 173 Å². The van der Waals surface area contributed by atoms with Gasteiger partial charge in [0.05, 0.1) is 17.0 Å². The number of ether oxygens (including phenoxy) is 1. The molecule has 8 nitrogen and oxygen atoms in total. The molecule has 5 rings (SSSR count). The molecule has 9 heteroatoms. The van der Waals surface area contributed by atoms with Crippen molar-refractivity contribution in [3.8, 4) is 23.1 Å². The summed E-state index contributed by atoms with van der Waals surface area (Å²) in [6.45, 7) is 0. The molecule has 0 bridgehead atoms. The number of aromatic nitrogens is 4. The average molecular weight is 421 g/mol. The molecule has 1 atom stereocenters. The van der Waals surface area contributed by atoms with Gasteiger partial charge in [0.15, 0.2) is 0 Å². The van der Waals surface area contributed by atoms with E-state index in [0.717, 1.165) is 0 Å². The van der Waals surface area contributed by atoms with Gasteiger partial charge in [0.2, 0.25) is 11.8 Å². The van der Waals surface area contributed by atoms with Gasteiger partial charge >= 0.3 is 5.69 Å². The van der Waals surface area contributed by atoms with Gasteiger partial charge in [0.1, 0.15) is 5.82 Å². The van der Waals surface area contributed by atoms with Gasteiger partial charge in [-0.1, -0.05) is 41.9 Å². The Morgan fingerprint density at radius 1 is 0.833 bits per heavy atom. The number of aromatic amines is 3. The number of nitrogens with zero attached hydrogens (tertiary/aromatic N) is 1. The first-order chi connectivity index (χ1) is 14.5. The summed E-state index contributed by atoms with van der Waals surface area (Å²) in [7, 11) is 0. The van der Waals surface area contributed by atoms with Gasteiger partial charge in [0.25, 0.3) is 11.1 Å². The number of hydrogen-bond acceptors (Lipinski definition) is 5. The fourth-order valence-electron chi connectivity index (χ4n) is 3.58. The van der Waals surface area contributed by atoms with E-state index < -0.39 is 22.7 Å². The van der Waals surface area contributed by atoms with Crippen LogP contribution in [0.1, 0.15) is 22.6 Å². The second-order valence-electron chi connectivity index (χ2n) is 6.74. The Balaban J connectivity index is 1.78. The summed E-state index contributed by atoms with van der Waals surface area (Å²) in [5.74, 6) is -0.504. The molecule has 0 amide bonds. The normalized spacial score (nSPS) is 14.5. The van der Waals surface area contributed by atoms with Crippen LogP contribution < -0.4 is 21.5 Å². The standard InChI is InChI=1S/C21H13ClN4O4/c22-12-8-6-11(7-9-12)16-23-17(27)14-13(10-4-2-1-3-5-10)15-18(28)25-21(29)26-20(15)30-19(14)24-16/h1-9,13H,(H,23,24,27)(H2,25,26,28,29). The van der Waals surface area contributed by atoms with Gasteiger partial charge in [-0.05, 0) is 29.8 Å².